The topological polar surface area (TPSA) is 41.1 Å². The zero-order valence-corrected chi connectivity index (χ0v) is 10.8. The summed E-state index contributed by atoms with van der Waals surface area (Å²) in [4.78, 5) is 11.6. The van der Waals surface area contributed by atoms with Gasteiger partial charge in [0, 0.05) is 6.54 Å². The number of halogens is 1. The fourth-order valence-electron chi connectivity index (χ4n) is 1.36. The normalized spacial score (nSPS) is 11.7. The molecule has 1 unspecified atom stereocenters. The summed E-state index contributed by atoms with van der Waals surface area (Å²) in [5.74, 6) is -0.0819. The molecule has 4 heteroatoms. The van der Waals surface area contributed by atoms with Crippen LogP contribution in [0.25, 0.3) is 0 Å². The smallest absolute Gasteiger partial charge is 0.242 e. The Morgan fingerprint density at radius 1 is 1.59 bits per heavy atom. The van der Waals surface area contributed by atoms with Gasteiger partial charge in [0.15, 0.2) is 0 Å². The van der Waals surface area contributed by atoms with Gasteiger partial charge in [0.05, 0.1) is 10.7 Å². The fourth-order valence-corrected chi connectivity index (χ4v) is 1.65. The number of nitrogens with one attached hydrogen (secondary N) is 2. The third kappa shape index (κ3) is 4.11. The van der Waals surface area contributed by atoms with Crippen LogP contribution in [0.1, 0.15) is 12.5 Å². The van der Waals surface area contributed by atoms with Crippen molar-refractivity contribution in [1.29, 1.82) is 0 Å². The first-order valence-corrected chi connectivity index (χ1v) is 5.83. The SMILES string of the molecule is C=CCNC(=O)C(C)Nc1ccc(C)cc1Cl. The Bertz CT molecular complexity index is 418. The maximum absolute atomic E-state index is 11.6. The number of rotatable bonds is 5. The third-order valence-corrected chi connectivity index (χ3v) is 2.62. The van der Waals surface area contributed by atoms with Crippen LogP contribution in [0.15, 0.2) is 30.9 Å². The average Bonchev–Trinajstić information content (AvgIpc) is 2.29. The van der Waals surface area contributed by atoms with Gasteiger partial charge < -0.3 is 10.6 Å². The molecule has 0 saturated heterocycles. The van der Waals surface area contributed by atoms with Gasteiger partial charge in [0.25, 0.3) is 0 Å². The van der Waals surface area contributed by atoms with Crippen molar-refractivity contribution < 1.29 is 4.79 Å². The minimum Gasteiger partial charge on any atom is -0.373 e. The van der Waals surface area contributed by atoms with E-state index in [1.807, 2.05) is 25.1 Å². The van der Waals surface area contributed by atoms with Crippen molar-refractivity contribution in [2.24, 2.45) is 0 Å². The summed E-state index contributed by atoms with van der Waals surface area (Å²) in [6.07, 6.45) is 1.64. The van der Waals surface area contributed by atoms with Gasteiger partial charge in [-0.1, -0.05) is 23.7 Å². The van der Waals surface area contributed by atoms with Gasteiger partial charge in [-0.05, 0) is 31.5 Å². The third-order valence-electron chi connectivity index (χ3n) is 2.31. The summed E-state index contributed by atoms with van der Waals surface area (Å²) in [5, 5.41) is 6.41. The Hall–Kier alpha value is -1.48. The van der Waals surface area contributed by atoms with Crippen molar-refractivity contribution in [3.63, 3.8) is 0 Å². The van der Waals surface area contributed by atoms with E-state index in [1.165, 1.54) is 0 Å². The van der Waals surface area contributed by atoms with Crippen LogP contribution >= 0.6 is 11.6 Å². The number of hydrogen-bond acceptors (Lipinski definition) is 2. The van der Waals surface area contributed by atoms with Crippen molar-refractivity contribution in [2.75, 3.05) is 11.9 Å². The van der Waals surface area contributed by atoms with Crippen molar-refractivity contribution in [2.45, 2.75) is 19.9 Å². The van der Waals surface area contributed by atoms with Crippen molar-refractivity contribution >= 4 is 23.2 Å². The van der Waals surface area contributed by atoms with E-state index < -0.39 is 0 Å². The summed E-state index contributed by atoms with van der Waals surface area (Å²) in [6.45, 7) is 7.76. The first-order chi connectivity index (χ1) is 8.04. The number of hydrogen-bond donors (Lipinski definition) is 2. The van der Waals surface area contributed by atoms with Crippen LogP contribution in [-0.4, -0.2) is 18.5 Å². The summed E-state index contributed by atoms with van der Waals surface area (Å²) in [6, 6.07) is 5.34. The second-order valence-corrected chi connectivity index (χ2v) is 4.29. The highest BCUT2D eigenvalue weighted by Crippen LogP contribution is 2.23. The maximum Gasteiger partial charge on any atom is 0.242 e. The van der Waals surface area contributed by atoms with Crippen LogP contribution in [0.4, 0.5) is 5.69 Å². The van der Waals surface area contributed by atoms with E-state index in [9.17, 15) is 4.79 Å². The van der Waals surface area contributed by atoms with Gasteiger partial charge in [0.2, 0.25) is 5.91 Å². The van der Waals surface area contributed by atoms with Gasteiger partial charge in [-0.25, -0.2) is 0 Å². The van der Waals surface area contributed by atoms with Crippen LogP contribution in [0.5, 0.6) is 0 Å². The molecule has 0 heterocycles. The molecule has 0 saturated carbocycles. The number of anilines is 1. The highest BCUT2D eigenvalue weighted by molar-refractivity contribution is 6.33. The molecule has 92 valence electrons. The molecular weight excluding hydrogens is 236 g/mol. The molecule has 1 rings (SSSR count). The lowest BCUT2D eigenvalue weighted by atomic mass is 10.2. The van der Waals surface area contributed by atoms with Crippen LogP contribution in [-0.2, 0) is 4.79 Å². The Morgan fingerprint density at radius 2 is 2.29 bits per heavy atom. The van der Waals surface area contributed by atoms with Gasteiger partial charge in [-0.15, -0.1) is 6.58 Å². The van der Waals surface area contributed by atoms with Crippen LogP contribution in [0.3, 0.4) is 0 Å². The molecule has 0 radical (unpaired) electrons. The monoisotopic (exact) mass is 252 g/mol. The van der Waals surface area contributed by atoms with Gasteiger partial charge in [0.1, 0.15) is 6.04 Å². The molecule has 0 spiro atoms. The molecule has 0 fully saturated rings. The minimum atomic E-state index is -0.338. The van der Waals surface area contributed by atoms with E-state index in [0.29, 0.717) is 11.6 Å². The predicted molar refractivity (Wildman–Crippen MR) is 72.5 cm³/mol. The van der Waals surface area contributed by atoms with E-state index in [4.69, 9.17) is 11.6 Å². The Labute approximate surface area is 107 Å². The molecule has 0 bridgehead atoms. The Kier molecular flexibility index (Phi) is 5.04. The number of carbonyl (C=O) groups is 1. The second-order valence-electron chi connectivity index (χ2n) is 3.88. The van der Waals surface area contributed by atoms with Crippen molar-refractivity contribution in [1.82, 2.24) is 5.32 Å². The van der Waals surface area contributed by atoms with Gasteiger partial charge in [-0.2, -0.15) is 0 Å². The summed E-state index contributed by atoms with van der Waals surface area (Å²) in [5.41, 5.74) is 1.85. The average molecular weight is 253 g/mol. The van der Waals surface area contributed by atoms with E-state index in [-0.39, 0.29) is 11.9 Å². The molecule has 1 aromatic carbocycles. The molecule has 1 atom stereocenters. The van der Waals surface area contributed by atoms with Crippen molar-refractivity contribution in [3.05, 3.63) is 41.4 Å². The van der Waals surface area contributed by atoms with Crippen LogP contribution in [0.2, 0.25) is 5.02 Å². The fraction of sp³-hybridized carbons (Fsp3) is 0.308. The van der Waals surface area contributed by atoms with E-state index in [2.05, 4.69) is 17.2 Å². The number of amides is 1. The quantitative estimate of drug-likeness (QED) is 0.792. The number of carbonyl (C=O) groups excluding carboxylic acids is 1. The van der Waals surface area contributed by atoms with E-state index >= 15 is 0 Å². The molecule has 1 amide bonds. The number of benzene rings is 1. The standard InChI is InChI=1S/C13H17ClN2O/c1-4-7-15-13(17)10(3)16-12-6-5-9(2)8-11(12)14/h4-6,8,10,16H,1,7H2,2-3H3,(H,15,17). The second kappa shape index (κ2) is 6.30. The lowest BCUT2D eigenvalue weighted by molar-refractivity contribution is -0.121. The summed E-state index contributed by atoms with van der Waals surface area (Å²) >= 11 is 6.07. The molecule has 0 aliphatic rings. The zero-order valence-electron chi connectivity index (χ0n) is 10.1. The van der Waals surface area contributed by atoms with Crippen molar-refractivity contribution in [3.8, 4) is 0 Å². The first kappa shape index (κ1) is 13.6. The molecule has 17 heavy (non-hydrogen) atoms. The predicted octanol–water partition coefficient (Wildman–Crippen LogP) is 2.75. The highest BCUT2D eigenvalue weighted by atomic mass is 35.5. The largest absolute Gasteiger partial charge is 0.373 e. The lowest BCUT2D eigenvalue weighted by Crippen LogP contribution is -2.37. The molecular formula is C13H17ClN2O. The van der Waals surface area contributed by atoms with Gasteiger partial charge >= 0.3 is 0 Å². The highest BCUT2D eigenvalue weighted by Gasteiger charge is 2.12. The van der Waals surface area contributed by atoms with E-state index in [0.717, 1.165) is 11.3 Å². The number of aryl methyl sites for hydroxylation is 1. The molecule has 1 aromatic rings. The maximum atomic E-state index is 11.6. The summed E-state index contributed by atoms with van der Waals surface area (Å²) in [7, 11) is 0. The molecule has 2 N–H and O–H groups in total. The van der Waals surface area contributed by atoms with E-state index in [1.54, 1.807) is 13.0 Å². The van der Waals surface area contributed by atoms with Gasteiger partial charge in [-0.3, -0.25) is 4.79 Å². The van der Waals surface area contributed by atoms with Crippen LogP contribution < -0.4 is 10.6 Å². The lowest BCUT2D eigenvalue weighted by Gasteiger charge is -2.15. The Morgan fingerprint density at radius 3 is 2.88 bits per heavy atom. The molecule has 0 aliphatic heterocycles. The first-order valence-electron chi connectivity index (χ1n) is 5.46. The minimum absolute atomic E-state index is 0.0819. The molecule has 0 aromatic heterocycles. The van der Waals surface area contributed by atoms with Crippen LogP contribution in [0, 0.1) is 6.92 Å². The molecule has 3 nitrogen and oxygen atoms in total. The molecule has 0 aliphatic carbocycles. The summed E-state index contributed by atoms with van der Waals surface area (Å²) < 4.78 is 0. The Balaban J connectivity index is 2.64. The zero-order chi connectivity index (χ0) is 12.8.